The number of morpholine rings is 1. The van der Waals surface area contributed by atoms with Crippen LogP contribution in [0.2, 0.25) is 0 Å². The molecule has 6 nitrogen and oxygen atoms in total. The molecule has 1 saturated heterocycles. The molecule has 0 aromatic rings. The number of nitrogens with zero attached hydrogens (tertiary/aromatic N) is 2. The van der Waals surface area contributed by atoms with E-state index in [4.69, 9.17) is 10.1 Å². The highest BCUT2D eigenvalue weighted by Gasteiger charge is 2.20. The SMILES string of the molecule is CCS(C)(=O)=N/C(=C/C(=N)N1CCOC[C@H]1C)NC. The minimum absolute atomic E-state index is 0.174. The van der Waals surface area contributed by atoms with Gasteiger partial charge in [-0.1, -0.05) is 6.92 Å². The summed E-state index contributed by atoms with van der Waals surface area (Å²) in [6.07, 6.45) is 3.25. The Morgan fingerprint density at radius 2 is 2.37 bits per heavy atom. The molecule has 110 valence electrons. The molecule has 1 rings (SSSR count). The van der Waals surface area contributed by atoms with Gasteiger partial charge >= 0.3 is 0 Å². The summed E-state index contributed by atoms with van der Waals surface area (Å²) in [6.45, 7) is 5.82. The summed E-state index contributed by atoms with van der Waals surface area (Å²) in [7, 11) is -0.498. The Hall–Kier alpha value is -1.08. The highest BCUT2D eigenvalue weighted by molar-refractivity contribution is 7.92. The van der Waals surface area contributed by atoms with E-state index in [9.17, 15) is 4.21 Å². The van der Waals surface area contributed by atoms with Crippen molar-refractivity contribution in [2.75, 3.05) is 38.8 Å². The zero-order valence-electron chi connectivity index (χ0n) is 12.1. The van der Waals surface area contributed by atoms with Gasteiger partial charge in [0.1, 0.15) is 11.7 Å². The first kappa shape index (κ1) is 16.0. The van der Waals surface area contributed by atoms with Crippen molar-refractivity contribution in [2.45, 2.75) is 19.9 Å². The van der Waals surface area contributed by atoms with E-state index >= 15 is 0 Å². The van der Waals surface area contributed by atoms with Crippen molar-refractivity contribution < 1.29 is 8.95 Å². The number of nitrogens with one attached hydrogen (secondary N) is 2. The van der Waals surface area contributed by atoms with Crippen molar-refractivity contribution in [1.29, 1.82) is 5.41 Å². The van der Waals surface area contributed by atoms with Gasteiger partial charge in [-0.2, -0.15) is 4.36 Å². The van der Waals surface area contributed by atoms with Gasteiger partial charge in [0.15, 0.2) is 0 Å². The molecule has 1 fully saturated rings. The Balaban J connectivity index is 2.89. The lowest BCUT2D eigenvalue weighted by atomic mass is 10.2. The van der Waals surface area contributed by atoms with E-state index in [1.807, 2.05) is 18.7 Å². The minimum atomic E-state index is -2.22. The fourth-order valence-corrected chi connectivity index (χ4v) is 2.40. The Kier molecular flexibility index (Phi) is 5.81. The molecule has 2 N–H and O–H groups in total. The van der Waals surface area contributed by atoms with Gasteiger partial charge in [0.25, 0.3) is 0 Å². The van der Waals surface area contributed by atoms with Gasteiger partial charge in [0.2, 0.25) is 0 Å². The van der Waals surface area contributed by atoms with Crippen molar-refractivity contribution >= 4 is 15.6 Å². The standard InChI is InChI=1S/C12H24N4O2S/c1-5-19(4,17)15-12(14-3)8-11(13)16-6-7-18-9-10(16)2/h8,10,13-14H,5-7,9H2,1-4H3/b12-8+,13-11?/t10-,19?/m1/s1. The van der Waals surface area contributed by atoms with Crippen LogP contribution < -0.4 is 5.32 Å². The molecular formula is C12H24N4O2S. The molecule has 19 heavy (non-hydrogen) atoms. The van der Waals surface area contributed by atoms with Gasteiger partial charge in [0.05, 0.1) is 29.0 Å². The van der Waals surface area contributed by atoms with Crippen LogP contribution in [-0.2, 0) is 14.5 Å². The van der Waals surface area contributed by atoms with E-state index in [1.165, 1.54) is 0 Å². The van der Waals surface area contributed by atoms with Crippen LogP contribution in [0.3, 0.4) is 0 Å². The molecule has 2 atom stereocenters. The zero-order valence-corrected chi connectivity index (χ0v) is 12.9. The van der Waals surface area contributed by atoms with Gasteiger partial charge < -0.3 is 15.0 Å². The van der Waals surface area contributed by atoms with Gasteiger partial charge in [0, 0.05) is 31.7 Å². The number of hydrogen-bond donors (Lipinski definition) is 2. The maximum absolute atomic E-state index is 12.0. The van der Waals surface area contributed by atoms with Crippen molar-refractivity contribution in [3.8, 4) is 0 Å². The zero-order chi connectivity index (χ0) is 14.5. The third-order valence-electron chi connectivity index (χ3n) is 3.03. The van der Waals surface area contributed by atoms with Crippen LogP contribution >= 0.6 is 0 Å². The third-order valence-corrected chi connectivity index (χ3v) is 4.69. The van der Waals surface area contributed by atoms with Crippen LogP contribution in [0.1, 0.15) is 13.8 Å². The number of amidine groups is 1. The van der Waals surface area contributed by atoms with E-state index in [2.05, 4.69) is 9.68 Å². The normalized spacial score (nSPS) is 23.7. The molecule has 1 aliphatic heterocycles. The predicted molar refractivity (Wildman–Crippen MR) is 78.9 cm³/mol. The summed E-state index contributed by atoms with van der Waals surface area (Å²) >= 11 is 0. The molecule has 0 bridgehead atoms. The molecule has 0 spiro atoms. The minimum Gasteiger partial charge on any atom is -0.377 e. The second kappa shape index (κ2) is 6.91. The molecule has 1 heterocycles. The smallest absolute Gasteiger partial charge is 0.139 e. The fourth-order valence-electron chi connectivity index (χ4n) is 1.71. The molecule has 0 amide bonds. The van der Waals surface area contributed by atoms with Crippen molar-refractivity contribution in [3.63, 3.8) is 0 Å². The summed E-state index contributed by atoms with van der Waals surface area (Å²) in [6, 6.07) is 0.174. The Morgan fingerprint density at radius 1 is 1.68 bits per heavy atom. The summed E-state index contributed by atoms with van der Waals surface area (Å²) < 4.78 is 21.5. The summed E-state index contributed by atoms with van der Waals surface area (Å²) in [5.74, 6) is 1.35. The quantitative estimate of drug-likeness (QED) is 0.594. The maximum atomic E-state index is 12.0. The van der Waals surface area contributed by atoms with Crippen LogP contribution in [0.4, 0.5) is 0 Å². The van der Waals surface area contributed by atoms with Crippen molar-refractivity contribution in [2.24, 2.45) is 4.36 Å². The lowest BCUT2D eigenvalue weighted by molar-refractivity contribution is 0.0333. The van der Waals surface area contributed by atoms with Crippen LogP contribution in [-0.4, -0.2) is 59.8 Å². The molecule has 0 saturated carbocycles. The monoisotopic (exact) mass is 288 g/mol. The van der Waals surface area contributed by atoms with Crippen LogP contribution in [0.15, 0.2) is 16.3 Å². The van der Waals surface area contributed by atoms with Crippen LogP contribution in [0.5, 0.6) is 0 Å². The van der Waals surface area contributed by atoms with E-state index in [-0.39, 0.29) is 6.04 Å². The molecule has 0 aromatic carbocycles. The van der Waals surface area contributed by atoms with Crippen LogP contribution in [0.25, 0.3) is 0 Å². The van der Waals surface area contributed by atoms with Gasteiger partial charge in [-0.25, -0.2) is 4.21 Å². The largest absolute Gasteiger partial charge is 0.377 e. The second-order valence-electron chi connectivity index (χ2n) is 4.62. The number of ether oxygens (including phenoxy) is 1. The number of hydrogen-bond acceptors (Lipinski definition) is 5. The van der Waals surface area contributed by atoms with Crippen LogP contribution in [0, 0.1) is 5.41 Å². The molecule has 0 aromatic heterocycles. The van der Waals surface area contributed by atoms with E-state index in [1.54, 1.807) is 19.4 Å². The first-order valence-corrected chi connectivity index (χ1v) is 8.51. The first-order chi connectivity index (χ1) is 8.89. The average molecular weight is 288 g/mol. The fraction of sp³-hybridized carbons (Fsp3) is 0.750. The molecule has 7 heteroatoms. The average Bonchev–Trinajstić information content (AvgIpc) is 2.38. The Labute approximate surface area is 115 Å². The predicted octanol–water partition coefficient (Wildman–Crippen LogP) is 0.863. The Bertz CT molecular complexity index is 466. The van der Waals surface area contributed by atoms with E-state index < -0.39 is 9.73 Å². The highest BCUT2D eigenvalue weighted by atomic mass is 32.2. The molecule has 1 aliphatic rings. The molecule has 1 unspecified atom stereocenters. The molecule has 0 aliphatic carbocycles. The third kappa shape index (κ3) is 4.83. The number of rotatable bonds is 4. The van der Waals surface area contributed by atoms with Gasteiger partial charge in [-0.05, 0) is 6.92 Å². The lowest BCUT2D eigenvalue weighted by Gasteiger charge is -2.34. The summed E-state index contributed by atoms with van der Waals surface area (Å²) in [4.78, 5) is 1.96. The van der Waals surface area contributed by atoms with E-state index in [0.717, 1.165) is 0 Å². The van der Waals surface area contributed by atoms with E-state index in [0.29, 0.717) is 37.2 Å². The first-order valence-electron chi connectivity index (χ1n) is 6.42. The lowest BCUT2D eigenvalue weighted by Crippen LogP contribution is -2.46. The molecule has 0 radical (unpaired) electrons. The van der Waals surface area contributed by atoms with Gasteiger partial charge in [-0.3, -0.25) is 5.41 Å². The highest BCUT2D eigenvalue weighted by Crippen LogP contribution is 2.09. The van der Waals surface area contributed by atoms with Crippen molar-refractivity contribution in [1.82, 2.24) is 10.2 Å². The summed E-state index contributed by atoms with van der Waals surface area (Å²) in [5, 5.41) is 11.0. The van der Waals surface area contributed by atoms with Gasteiger partial charge in [-0.15, -0.1) is 0 Å². The Morgan fingerprint density at radius 3 is 2.89 bits per heavy atom. The summed E-state index contributed by atoms with van der Waals surface area (Å²) in [5.41, 5.74) is 0. The maximum Gasteiger partial charge on any atom is 0.139 e. The van der Waals surface area contributed by atoms with Crippen molar-refractivity contribution in [3.05, 3.63) is 11.9 Å². The second-order valence-corrected chi connectivity index (χ2v) is 7.30. The topological polar surface area (TPSA) is 77.8 Å². The molecular weight excluding hydrogens is 264 g/mol.